The molecule has 86 valence electrons. The summed E-state index contributed by atoms with van der Waals surface area (Å²) in [5.74, 6) is -0.475. The van der Waals surface area contributed by atoms with Gasteiger partial charge in [-0.2, -0.15) is 0 Å². The van der Waals surface area contributed by atoms with Crippen LogP contribution in [0, 0.1) is 0 Å². The number of primary amides is 1. The quantitative estimate of drug-likeness (QED) is 0.521. The van der Waals surface area contributed by atoms with Crippen LogP contribution in [0.3, 0.4) is 0 Å². The van der Waals surface area contributed by atoms with E-state index in [1.807, 2.05) is 13.0 Å². The van der Waals surface area contributed by atoms with Crippen LogP contribution in [-0.4, -0.2) is 11.9 Å². The van der Waals surface area contributed by atoms with E-state index in [1.165, 1.54) is 0 Å². The van der Waals surface area contributed by atoms with Crippen molar-refractivity contribution in [3.05, 3.63) is 36.4 Å². The number of benzene rings is 1. The molecule has 0 bridgehead atoms. The highest BCUT2D eigenvalue weighted by Crippen LogP contribution is 2.21. The third kappa shape index (κ3) is 3.02. The number of anilines is 2. The smallest absolute Gasteiger partial charge is 0.248 e. The average Bonchev–Trinajstić information content (AvgIpc) is 2.21. The summed E-state index contributed by atoms with van der Waals surface area (Å²) >= 11 is 0. The van der Waals surface area contributed by atoms with Gasteiger partial charge in [0.1, 0.15) is 0 Å². The van der Waals surface area contributed by atoms with E-state index in [-0.39, 0.29) is 6.04 Å². The fourth-order valence-electron chi connectivity index (χ4n) is 1.42. The van der Waals surface area contributed by atoms with Crippen LogP contribution in [0.1, 0.15) is 23.7 Å². The second-order valence-electron chi connectivity index (χ2n) is 3.74. The molecule has 1 rings (SSSR count). The van der Waals surface area contributed by atoms with Crippen molar-refractivity contribution in [3.63, 3.8) is 0 Å². The van der Waals surface area contributed by atoms with E-state index < -0.39 is 5.91 Å². The highest BCUT2D eigenvalue weighted by atomic mass is 16.1. The molecule has 4 nitrogen and oxygen atoms in total. The van der Waals surface area contributed by atoms with Crippen LogP contribution < -0.4 is 16.8 Å². The van der Waals surface area contributed by atoms with Gasteiger partial charge in [0.25, 0.3) is 0 Å². The second kappa shape index (κ2) is 5.21. The minimum Gasteiger partial charge on any atom is -0.397 e. The van der Waals surface area contributed by atoms with Crippen LogP contribution >= 0.6 is 0 Å². The van der Waals surface area contributed by atoms with E-state index in [0.717, 1.165) is 12.1 Å². The van der Waals surface area contributed by atoms with E-state index in [2.05, 4.69) is 11.9 Å². The van der Waals surface area contributed by atoms with E-state index in [1.54, 1.807) is 18.2 Å². The molecule has 1 aromatic carbocycles. The first kappa shape index (κ1) is 12.1. The van der Waals surface area contributed by atoms with Crippen LogP contribution in [0.4, 0.5) is 11.4 Å². The van der Waals surface area contributed by atoms with Gasteiger partial charge in [0.2, 0.25) is 5.91 Å². The fourth-order valence-corrected chi connectivity index (χ4v) is 1.42. The number of carbonyl (C=O) groups excluding carboxylic acids is 1. The molecule has 0 heterocycles. The molecule has 4 heteroatoms. The van der Waals surface area contributed by atoms with Gasteiger partial charge in [-0.05, 0) is 31.5 Å². The van der Waals surface area contributed by atoms with Gasteiger partial charge in [0, 0.05) is 11.6 Å². The standard InChI is InChI=1S/C12H17N3O/c1-3-4-8(2)15-11-6-5-9(12(14)16)7-10(11)13/h3,5-8,15H,1,4,13H2,2H3,(H2,14,16). The Morgan fingerprint density at radius 2 is 2.31 bits per heavy atom. The van der Waals surface area contributed by atoms with Crippen LogP contribution in [0.2, 0.25) is 0 Å². The second-order valence-corrected chi connectivity index (χ2v) is 3.74. The Balaban J connectivity index is 2.82. The summed E-state index contributed by atoms with van der Waals surface area (Å²) in [6.45, 7) is 5.70. The van der Waals surface area contributed by atoms with Crippen molar-refractivity contribution in [3.8, 4) is 0 Å². The Morgan fingerprint density at radius 1 is 1.62 bits per heavy atom. The number of nitrogen functional groups attached to an aromatic ring is 1. The van der Waals surface area contributed by atoms with Crippen molar-refractivity contribution >= 4 is 17.3 Å². The number of amides is 1. The van der Waals surface area contributed by atoms with Crippen LogP contribution in [0.15, 0.2) is 30.9 Å². The van der Waals surface area contributed by atoms with Gasteiger partial charge in [-0.15, -0.1) is 6.58 Å². The predicted octanol–water partition coefficient (Wildman–Crippen LogP) is 1.74. The van der Waals surface area contributed by atoms with Gasteiger partial charge >= 0.3 is 0 Å². The maximum absolute atomic E-state index is 10.9. The topological polar surface area (TPSA) is 81.1 Å². The molecule has 0 aliphatic carbocycles. The summed E-state index contributed by atoms with van der Waals surface area (Å²) in [6, 6.07) is 5.24. The SMILES string of the molecule is C=CCC(C)Nc1ccc(C(N)=O)cc1N. The van der Waals surface area contributed by atoms with Crippen molar-refractivity contribution in [2.45, 2.75) is 19.4 Å². The zero-order chi connectivity index (χ0) is 12.1. The normalized spacial score (nSPS) is 11.8. The molecule has 1 atom stereocenters. The van der Waals surface area contributed by atoms with Gasteiger partial charge in [-0.25, -0.2) is 0 Å². The molecule has 0 spiro atoms. The molecule has 1 aromatic rings. The van der Waals surface area contributed by atoms with E-state index in [4.69, 9.17) is 11.5 Å². The summed E-state index contributed by atoms with van der Waals surface area (Å²) < 4.78 is 0. The molecule has 0 saturated heterocycles. The van der Waals surface area contributed by atoms with Gasteiger partial charge in [0.05, 0.1) is 11.4 Å². The zero-order valence-corrected chi connectivity index (χ0v) is 9.36. The molecular weight excluding hydrogens is 202 g/mol. The summed E-state index contributed by atoms with van der Waals surface area (Å²) in [4.78, 5) is 10.9. The predicted molar refractivity (Wildman–Crippen MR) is 67.3 cm³/mol. The van der Waals surface area contributed by atoms with Crippen molar-refractivity contribution in [1.29, 1.82) is 0 Å². The van der Waals surface area contributed by atoms with E-state index in [9.17, 15) is 4.79 Å². The molecule has 0 saturated carbocycles. The Bertz CT molecular complexity index is 401. The summed E-state index contributed by atoms with van der Waals surface area (Å²) in [5, 5.41) is 3.23. The van der Waals surface area contributed by atoms with E-state index >= 15 is 0 Å². The molecule has 0 fully saturated rings. The highest BCUT2D eigenvalue weighted by molar-refractivity contribution is 5.94. The van der Waals surface area contributed by atoms with E-state index in [0.29, 0.717) is 11.3 Å². The van der Waals surface area contributed by atoms with Crippen molar-refractivity contribution < 1.29 is 4.79 Å². The first-order chi connectivity index (χ1) is 7.54. The van der Waals surface area contributed by atoms with Crippen LogP contribution in [-0.2, 0) is 0 Å². The molecule has 5 N–H and O–H groups in total. The number of nitrogens with one attached hydrogen (secondary N) is 1. The minimum atomic E-state index is -0.475. The van der Waals surface area contributed by atoms with Crippen molar-refractivity contribution in [2.75, 3.05) is 11.1 Å². The fraction of sp³-hybridized carbons (Fsp3) is 0.250. The number of carbonyl (C=O) groups is 1. The van der Waals surface area contributed by atoms with Crippen molar-refractivity contribution in [1.82, 2.24) is 0 Å². The molecule has 16 heavy (non-hydrogen) atoms. The molecular formula is C12H17N3O. The lowest BCUT2D eigenvalue weighted by Gasteiger charge is -2.15. The lowest BCUT2D eigenvalue weighted by Crippen LogP contribution is -2.16. The van der Waals surface area contributed by atoms with Crippen LogP contribution in [0.25, 0.3) is 0 Å². The Kier molecular flexibility index (Phi) is 3.94. The monoisotopic (exact) mass is 219 g/mol. The largest absolute Gasteiger partial charge is 0.397 e. The lowest BCUT2D eigenvalue weighted by atomic mass is 10.1. The zero-order valence-electron chi connectivity index (χ0n) is 9.36. The van der Waals surface area contributed by atoms with Crippen molar-refractivity contribution in [2.24, 2.45) is 5.73 Å². The number of rotatable bonds is 5. The summed E-state index contributed by atoms with van der Waals surface area (Å²) in [5.41, 5.74) is 12.7. The van der Waals surface area contributed by atoms with Gasteiger partial charge in [0.15, 0.2) is 0 Å². The number of hydrogen-bond acceptors (Lipinski definition) is 3. The van der Waals surface area contributed by atoms with Crippen LogP contribution in [0.5, 0.6) is 0 Å². The first-order valence-electron chi connectivity index (χ1n) is 5.11. The lowest BCUT2D eigenvalue weighted by molar-refractivity contribution is 0.100. The average molecular weight is 219 g/mol. The Morgan fingerprint density at radius 3 is 2.81 bits per heavy atom. The highest BCUT2D eigenvalue weighted by Gasteiger charge is 2.06. The van der Waals surface area contributed by atoms with Gasteiger partial charge < -0.3 is 16.8 Å². The summed E-state index contributed by atoms with van der Waals surface area (Å²) in [6.07, 6.45) is 2.68. The van der Waals surface area contributed by atoms with Gasteiger partial charge in [-0.1, -0.05) is 6.08 Å². The molecule has 1 unspecified atom stereocenters. The first-order valence-corrected chi connectivity index (χ1v) is 5.11. The minimum absolute atomic E-state index is 0.249. The Hall–Kier alpha value is -1.97. The number of hydrogen-bond donors (Lipinski definition) is 3. The summed E-state index contributed by atoms with van der Waals surface area (Å²) in [7, 11) is 0. The third-order valence-electron chi connectivity index (χ3n) is 2.26. The molecule has 0 radical (unpaired) electrons. The Labute approximate surface area is 95.3 Å². The maximum Gasteiger partial charge on any atom is 0.248 e. The molecule has 0 aliphatic heterocycles. The molecule has 1 amide bonds. The third-order valence-corrected chi connectivity index (χ3v) is 2.26. The molecule has 0 aliphatic rings. The number of nitrogens with two attached hydrogens (primary N) is 2. The molecule has 0 aromatic heterocycles. The van der Waals surface area contributed by atoms with Gasteiger partial charge in [-0.3, -0.25) is 4.79 Å². The maximum atomic E-state index is 10.9.